The van der Waals surface area contributed by atoms with Gasteiger partial charge in [0.1, 0.15) is 12.4 Å². The fourth-order valence-corrected chi connectivity index (χ4v) is 3.54. The molecule has 1 aliphatic heterocycles. The number of ether oxygens (including phenoxy) is 1. The minimum Gasteiger partial charge on any atom is -0.490 e. The number of nitrogen functional groups attached to an aromatic ring is 1. The van der Waals surface area contributed by atoms with Crippen molar-refractivity contribution in [2.24, 2.45) is 0 Å². The first-order valence-corrected chi connectivity index (χ1v) is 7.40. The van der Waals surface area contributed by atoms with Gasteiger partial charge in [0.05, 0.1) is 5.69 Å². The van der Waals surface area contributed by atoms with Crippen molar-refractivity contribution in [1.82, 2.24) is 0 Å². The Morgan fingerprint density at radius 2 is 2.11 bits per heavy atom. The fourth-order valence-electron chi connectivity index (χ4n) is 2.16. The lowest BCUT2D eigenvalue weighted by Gasteiger charge is -2.12. The normalized spacial score (nSPS) is 17.2. The summed E-state index contributed by atoms with van der Waals surface area (Å²) in [7, 11) is 0. The third kappa shape index (κ3) is 2.82. The van der Waals surface area contributed by atoms with E-state index in [0.29, 0.717) is 28.3 Å². The minimum atomic E-state index is 0.441. The average Bonchev–Trinajstić information content (AvgIpc) is 2.82. The molecule has 0 spiro atoms. The highest BCUT2D eigenvalue weighted by Gasteiger charge is 2.22. The summed E-state index contributed by atoms with van der Waals surface area (Å²) < 4.78 is 5.80. The second-order valence-electron chi connectivity index (χ2n) is 4.54. The van der Waals surface area contributed by atoms with E-state index >= 15 is 0 Å². The predicted molar refractivity (Wildman–Crippen MR) is 81.2 cm³/mol. The Bertz CT molecular complexity index is 577. The SMILES string of the molecule is Nc1ccc(Cl)cc1OCC1Cc2ccccc2S1. The first kappa shape index (κ1) is 12.7. The zero-order valence-corrected chi connectivity index (χ0v) is 11.9. The number of halogens is 1. The number of rotatable bonds is 3. The zero-order valence-electron chi connectivity index (χ0n) is 10.3. The van der Waals surface area contributed by atoms with Crippen LogP contribution < -0.4 is 10.5 Å². The third-order valence-electron chi connectivity index (χ3n) is 3.11. The first-order chi connectivity index (χ1) is 9.22. The van der Waals surface area contributed by atoms with Gasteiger partial charge in [-0.2, -0.15) is 0 Å². The van der Waals surface area contributed by atoms with Gasteiger partial charge in [0.25, 0.3) is 0 Å². The number of anilines is 1. The highest BCUT2D eigenvalue weighted by Crippen LogP contribution is 2.37. The summed E-state index contributed by atoms with van der Waals surface area (Å²) in [5.74, 6) is 0.670. The number of benzene rings is 2. The summed E-state index contributed by atoms with van der Waals surface area (Å²) in [5.41, 5.74) is 7.90. The third-order valence-corrected chi connectivity index (χ3v) is 4.64. The van der Waals surface area contributed by atoms with E-state index in [-0.39, 0.29) is 0 Å². The Morgan fingerprint density at radius 1 is 1.26 bits per heavy atom. The van der Waals surface area contributed by atoms with Crippen molar-refractivity contribution < 1.29 is 4.74 Å². The van der Waals surface area contributed by atoms with Gasteiger partial charge in [0.15, 0.2) is 0 Å². The largest absolute Gasteiger partial charge is 0.490 e. The second-order valence-corrected chi connectivity index (χ2v) is 6.32. The van der Waals surface area contributed by atoms with Crippen LogP contribution in [0.2, 0.25) is 5.02 Å². The second kappa shape index (κ2) is 5.35. The summed E-state index contributed by atoms with van der Waals surface area (Å²) in [6, 6.07) is 13.8. The smallest absolute Gasteiger partial charge is 0.143 e. The molecule has 4 heteroatoms. The summed E-state index contributed by atoms with van der Waals surface area (Å²) in [4.78, 5) is 1.36. The van der Waals surface area contributed by atoms with Crippen LogP contribution in [0.5, 0.6) is 5.75 Å². The van der Waals surface area contributed by atoms with Crippen molar-refractivity contribution >= 4 is 29.1 Å². The van der Waals surface area contributed by atoms with Crippen LogP contribution in [0.3, 0.4) is 0 Å². The fraction of sp³-hybridized carbons (Fsp3) is 0.200. The molecule has 19 heavy (non-hydrogen) atoms. The molecule has 1 aliphatic rings. The maximum Gasteiger partial charge on any atom is 0.143 e. The van der Waals surface area contributed by atoms with E-state index in [2.05, 4.69) is 24.3 Å². The van der Waals surface area contributed by atoms with E-state index in [4.69, 9.17) is 22.1 Å². The van der Waals surface area contributed by atoms with Crippen molar-refractivity contribution in [1.29, 1.82) is 0 Å². The molecule has 0 aromatic heterocycles. The molecule has 2 N–H and O–H groups in total. The van der Waals surface area contributed by atoms with Gasteiger partial charge in [-0.05, 0) is 30.2 Å². The van der Waals surface area contributed by atoms with E-state index in [1.165, 1.54) is 10.5 Å². The van der Waals surface area contributed by atoms with Crippen LogP contribution in [0.25, 0.3) is 0 Å². The molecule has 0 amide bonds. The Hall–Kier alpha value is -1.32. The molecular weight excluding hydrogens is 278 g/mol. The lowest BCUT2D eigenvalue weighted by molar-refractivity contribution is 0.319. The number of fused-ring (bicyclic) bond motifs is 1. The van der Waals surface area contributed by atoms with E-state index in [9.17, 15) is 0 Å². The summed E-state index contributed by atoms with van der Waals surface area (Å²) in [6.07, 6.45) is 1.04. The summed E-state index contributed by atoms with van der Waals surface area (Å²) >= 11 is 7.81. The van der Waals surface area contributed by atoms with E-state index in [0.717, 1.165) is 6.42 Å². The molecule has 1 heterocycles. The molecule has 1 unspecified atom stereocenters. The molecule has 0 saturated heterocycles. The molecular formula is C15H14ClNOS. The summed E-state index contributed by atoms with van der Waals surface area (Å²) in [5, 5.41) is 1.09. The lowest BCUT2D eigenvalue weighted by atomic mass is 10.1. The van der Waals surface area contributed by atoms with Crippen LogP contribution in [0, 0.1) is 0 Å². The molecule has 0 aliphatic carbocycles. The molecule has 2 aromatic carbocycles. The van der Waals surface area contributed by atoms with Crippen LogP contribution in [0.15, 0.2) is 47.4 Å². The van der Waals surface area contributed by atoms with Gasteiger partial charge in [0, 0.05) is 21.2 Å². The van der Waals surface area contributed by atoms with Gasteiger partial charge in [-0.1, -0.05) is 29.8 Å². The van der Waals surface area contributed by atoms with Crippen molar-refractivity contribution in [3.05, 3.63) is 53.1 Å². The van der Waals surface area contributed by atoms with Crippen LogP contribution >= 0.6 is 23.4 Å². The van der Waals surface area contributed by atoms with Gasteiger partial charge in [-0.3, -0.25) is 0 Å². The maximum absolute atomic E-state index is 5.94. The number of hydrogen-bond donors (Lipinski definition) is 1. The summed E-state index contributed by atoms with van der Waals surface area (Å²) in [6.45, 7) is 0.643. The zero-order chi connectivity index (χ0) is 13.2. The van der Waals surface area contributed by atoms with Gasteiger partial charge >= 0.3 is 0 Å². The topological polar surface area (TPSA) is 35.2 Å². The Kier molecular flexibility index (Phi) is 3.58. The van der Waals surface area contributed by atoms with E-state index < -0.39 is 0 Å². The van der Waals surface area contributed by atoms with E-state index in [1.807, 2.05) is 11.8 Å². The number of nitrogens with two attached hydrogens (primary N) is 1. The molecule has 2 nitrogen and oxygen atoms in total. The monoisotopic (exact) mass is 291 g/mol. The molecule has 2 aromatic rings. The van der Waals surface area contributed by atoms with Crippen LogP contribution in [-0.4, -0.2) is 11.9 Å². The standard InChI is InChI=1S/C15H14ClNOS/c16-11-5-6-13(17)14(8-11)18-9-12-7-10-3-1-2-4-15(10)19-12/h1-6,8,12H,7,9,17H2. The molecule has 0 bridgehead atoms. The Morgan fingerprint density at radius 3 is 2.95 bits per heavy atom. The molecule has 0 saturated carbocycles. The van der Waals surface area contributed by atoms with Crippen molar-refractivity contribution in [3.63, 3.8) is 0 Å². The predicted octanol–water partition coefficient (Wildman–Crippen LogP) is 4.02. The van der Waals surface area contributed by atoms with Gasteiger partial charge < -0.3 is 10.5 Å². The number of thioether (sulfide) groups is 1. The average molecular weight is 292 g/mol. The Labute approximate surface area is 121 Å². The van der Waals surface area contributed by atoms with Gasteiger partial charge in [-0.15, -0.1) is 11.8 Å². The number of hydrogen-bond acceptors (Lipinski definition) is 3. The van der Waals surface area contributed by atoms with Crippen molar-refractivity contribution in [3.8, 4) is 5.75 Å². The quantitative estimate of drug-likeness (QED) is 0.868. The first-order valence-electron chi connectivity index (χ1n) is 6.15. The highest BCUT2D eigenvalue weighted by atomic mass is 35.5. The van der Waals surface area contributed by atoms with Crippen LogP contribution in [0.1, 0.15) is 5.56 Å². The molecule has 3 rings (SSSR count). The molecule has 1 atom stereocenters. The van der Waals surface area contributed by atoms with Crippen LogP contribution in [0.4, 0.5) is 5.69 Å². The highest BCUT2D eigenvalue weighted by molar-refractivity contribution is 8.00. The van der Waals surface area contributed by atoms with Crippen molar-refractivity contribution in [2.45, 2.75) is 16.6 Å². The van der Waals surface area contributed by atoms with Gasteiger partial charge in [0.2, 0.25) is 0 Å². The molecule has 0 fully saturated rings. The van der Waals surface area contributed by atoms with Crippen LogP contribution in [-0.2, 0) is 6.42 Å². The minimum absolute atomic E-state index is 0.441. The molecule has 0 radical (unpaired) electrons. The van der Waals surface area contributed by atoms with E-state index in [1.54, 1.807) is 18.2 Å². The lowest BCUT2D eigenvalue weighted by Crippen LogP contribution is -2.14. The molecule has 98 valence electrons. The van der Waals surface area contributed by atoms with Gasteiger partial charge in [-0.25, -0.2) is 0 Å². The maximum atomic E-state index is 5.94. The van der Waals surface area contributed by atoms with Crippen molar-refractivity contribution in [2.75, 3.05) is 12.3 Å². The Balaban J connectivity index is 1.64.